The number of aliphatic carboxylic acids is 1. The first kappa shape index (κ1) is 17.7. The van der Waals surface area contributed by atoms with Gasteiger partial charge in [0, 0.05) is 43.7 Å². The quantitative estimate of drug-likeness (QED) is 0.755. The number of hydrogen-bond acceptors (Lipinski definition) is 5. The number of aromatic amines is 1. The van der Waals surface area contributed by atoms with E-state index in [0.717, 1.165) is 12.6 Å². The van der Waals surface area contributed by atoms with Crippen LogP contribution in [-0.2, 0) is 9.59 Å². The summed E-state index contributed by atoms with van der Waals surface area (Å²) in [4.78, 5) is 57.5. The maximum Gasteiger partial charge on any atom is 0.309 e. The fraction of sp³-hybridized carbons (Fsp3) is 0.611. The lowest BCUT2D eigenvalue weighted by atomic mass is 9.71. The van der Waals surface area contributed by atoms with Crippen LogP contribution in [-0.4, -0.2) is 68.8 Å². The molecule has 2 N–H and O–H groups in total. The minimum absolute atomic E-state index is 0.0163. The van der Waals surface area contributed by atoms with Crippen LogP contribution in [0.1, 0.15) is 30.8 Å². The van der Waals surface area contributed by atoms with Crippen LogP contribution >= 0.6 is 0 Å². The van der Waals surface area contributed by atoms with Crippen LogP contribution in [0.15, 0.2) is 17.2 Å². The van der Waals surface area contributed by atoms with Gasteiger partial charge in [0.05, 0.1) is 12.1 Å². The molecule has 3 aliphatic rings. The van der Waals surface area contributed by atoms with E-state index >= 15 is 0 Å². The molecule has 9 nitrogen and oxygen atoms in total. The third kappa shape index (κ3) is 2.81. The van der Waals surface area contributed by atoms with E-state index in [0.29, 0.717) is 13.1 Å². The highest BCUT2D eigenvalue weighted by molar-refractivity contribution is 5.93. The average molecular weight is 374 g/mol. The Morgan fingerprint density at radius 1 is 1.19 bits per heavy atom. The van der Waals surface area contributed by atoms with E-state index in [1.54, 1.807) is 4.90 Å². The molecular formula is C18H22N4O5. The zero-order chi connectivity index (χ0) is 19.6. The van der Waals surface area contributed by atoms with Gasteiger partial charge in [-0.05, 0) is 11.8 Å². The molecule has 1 saturated carbocycles. The number of carboxylic acids is 1. The summed E-state index contributed by atoms with van der Waals surface area (Å²) in [5, 5.41) is 9.65. The van der Waals surface area contributed by atoms with Crippen LogP contribution in [0.3, 0.4) is 0 Å². The van der Waals surface area contributed by atoms with Crippen molar-refractivity contribution in [2.45, 2.75) is 20.3 Å². The monoisotopic (exact) mass is 374 g/mol. The third-order valence-electron chi connectivity index (χ3n) is 6.26. The molecule has 3 heterocycles. The summed E-state index contributed by atoms with van der Waals surface area (Å²) in [6.45, 7) is 5.17. The molecule has 2 saturated heterocycles. The summed E-state index contributed by atoms with van der Waals surface area (Å²) in [5.74, 6) is -1.99. The van der Waals surface area contributed by atoms with Crippen molar-refractivity contribution in [1.82, 2.24) is 19.8 Å². The lowest BCUT2D eigenvalue weighted by molar-refractivity contribution is -0.158. The number of rotatable bonds is 3. The molecule has 0 radical (unpaired) electrons. The molecule has 2 amide bonds. The van der Waals surface area contributed by atoms with Crippen molar-refractivity contribution < 1.29 is 19.5 Å². The van der Waals surface area contributed by atoms with E-state index in [4.69, 9.17) is 0 Å². The van der Waals surface area contributed by atoms with Gasteiger partial charge in [0.25, 0.3) is 11.5 Å². The molecule has 0 unspecified atom stereocenters. The van der Waals surface area contributed by atoms with Gasteiger partial charge in [0.1, 0.15) is 5.69 Å². The van der Waals surface area contributed by atoms with E-state index < -0.39 is 28.8 Å². The Kier molecular flexibility index (Phi) is 3.70. The van der Waals surface area contributed by atoms with Crippen molar-refractivity contribution in [3.63, 3.8) is 0 Å². The van der Waals surface area contributed by atoms with Crippen LogP contribution in [0, 0.1) is 22.7 Å². The second-order valence-electron chi connectivity index (χ2n) is 8.67. The largest absolute Gasteiger partial charge is 0.481 e. The molecule has 0 aromatic carbocycles. The Morgan fingerprint density at radius 3 is 2.33 bits per heavy atom. The molecule has 27 heavy (non-hydrogen) atoms. The van der Waals surface area contributed by atoms with E-state index in [-0.39, 0.29) is 36.0 Å². The van der Waals surface area contributed by atoms with Crippen LogP contribution in [0.25, 0.3) is 0 Å². The van der Waals surface area contributed by atoms with Gasteiger partial charge in [0.15, 0.2) is 0 Å². The summed E-state index contributed by atoms with van der Waals surface area (Å²) in [6, 6.07) is 0. The van der Waals surface area contributed by atoms with Gasteiger partial charge < -0.3 is 19.9 Å². The van der Waals surface area contributed by atoms with Gasteiger partial charge in [-0.15, -0.1) is 0 Å². The first-order valence-electron chi connectivity index (χ1n) is 8.99. The minimum atomic E-state index is -0.960. The van der Waals surface area contributed by atoms with Gasteiger partial charge in [-0.1, -0.05) is 13.8 Å². The molecule has 9 heteroatoms. The lowest BCUT2D eigenvalue weighted by Gasteiger charge is -2.50. The topological polar surface area (TPSA) is 124 Å². The number of nitrogens with one attached hydrogen (secondary N) is 1. The molecule has 0 bridgehead atoms. The standard InChI is InChI=1S/C18H22N4O5/c1-17(2)3-10(17)14(24)22-8-18(9-22)7-21(6-11(18)16(26)27)15(25)12-4-20-13(23)5-19-12/h4-5,10-11H,3,6-9H2,1-2H3,(H,20,23)(H,26,27)/t10-,11+/m1/s1. The molecule has 4 rings (SSSR count). The number of likely N-dealkylation sites (tertiary alicyclic amines) is 2. The van der Waals surface area contributed by atoms with E-state index in [2.05, 4.69) is 23.8 Å². The van der Waals surface area contributed by atoms with Crippen molar-refractivity contribution in [1.29, 1.82) is 0 Å². The second-order valence-corrected chi connectivity index (χ2v) is 8.67. The number of hydrogen-bond donors (Lipinski definition) is 2. The molecule has 1 aliphatic carbocycles. The van der Waals surface area contributed by atoms with Gasteiger partial charge in [-0.2, -0.15) is 0 Å². The predicted octanol–water partition coefficient (Wildman–Crippen LogP) is -0.199. The van der Waals surface area contributed by atoms with Crippen LogP contribution in [0.4, 0.5) is 0 Å². The highest BCUT2D eigenvalue weighted by Gasteiger charge is 2.62. The lowest BCUT2D eigenvalue weighted by Crippen LogP contribution is -2.63. The third-order valence-corrected chi connectivity index (χ3v) is 6.26. The SMILES string of the molecule is CC1(C)C[C@@H]1C(=O)N1CC2(CN(C(=O)c3c[nH]c(=O)cn3)C[C@H]2C(=O)O)C1. The summed E-state index contributed by atoms with van der Waals surface area (Å²) < 4.78 is 0. The van der Waals surface area contributed by atoms with Gasteiger partial charge in [0.2, 0.25) is 5.91 Å². The minimum Gasteiger partial charge on any atom is -0.481 e. The molecule has 1 spiro atoms. The number of aromatic nitrogens is 2. The highest BCUT2D eigenvalue weighted by atomic mass is 16.4. The van der Waals surface area contributed by atoms with Gasteiger partial charge in [-0.25, -0.2) is 4.98 Å². The van der Waals surface area contributed by atoms with Crippen LogP contribution in [0.2, 0.25) is 0 Å². The Morgan fingerprint density at radius 2 is 1.81 bits per heavy atom. The second kappa shape index (κ2) is 5.64. The summed E-state index contributed by atoms with van der Waals surface area (Å²) >= 11 is 0. The van der Waals surface area contributed by atoms with E-state index in [1.807, 2.05) is 0 Å². The fourth-order valence-electron chi connectivity index (χ4n) is 4.38. The Hall–Kier alpha value is -2.71. The molecule has 3 fully saturated rings. The molecule has 2 aliphatic heterocycles. The summed E-state index contributed by atoms with van der Waals surface area (Å²) in [6.07, 6.45) is 3.12. The molecular weight excluding hydrogens is 352 g/mol. The number of carbonyl (C=O) groups excluding carboxylic acids is 2. The van der Waals surface area contributed by atoms with Crippen molar-refractivity contribution in [2.75, 3.05) is 26.2 Å². The van der Waals surface area contributed by atoms with E-state index in [1.165, 1.54) is 11.1 Å². The number of nitrogens with zero attached hydrogens (tertiary/aromatic N) is 3. The maximum absolute atomic E-state index is 12.6. The van der Waals surface area contributed by atoms with Gasteiger partial charge in [-0.3, -0.25) is 19.2 Å². The zero-order valence-corrected chi connectivity index (χ0v) is 15.3. The Bertz CT molecular complexity index is 865. The summed E-state index contributed by atoms with van der Waals surface area (Å²) in [5.41, 5.74) is -0.926. The number of amides is 2. The number of carboxylic acid groups (broad SMARTS) is 1. The Balaban J connectivity index is 1.48. The van der Waals surface area contributed by atoms with Crippen molar-refractivity contribution in [2.24, 2.45) is 22.7 Å². The molecule has 1 aromatic rings. The molecule has 144 valence electrons. The fourth-order valence-corrected chi connectivity index (χ4v) is 4.38. The zero-order valence-electron chi connectivity index (χ0n) is 15.3. The number of H-pyrrole nitrogens is 1. The average Bonchev–Trinajstić information content (AvgIpc) is 3.04. The van der Waals surface area contributed by atoms with Gasteiger partial charge >= 0.3 is 5.97 Å². The van der Waals surface area contributed by atoms with Crippen LogP contribution < -0.4 is 5.56 Å². The van der Waals surface area contributed by atoms with Crippen molar-refractivity contribution in [3.05, 3.63) is 28.4 Å². The maximum atomic E-state index is 12.6. The smallest absolute Gasteiger partial charge is 0.309 e. The first-order valence-corrected chi connectivity index (χ1v) is 8.99. The Labute approximate surface area is 155 Å². The van der Waals surface area contributed by atoms with Crippen molar-refractivity contribution in [3.8, 4) is 0 Å². The highest BCUT2D eigenvalue weighted by Crippen LogP contribution is 2.54. The first-order chi connectivity index (χ1) is 12.6. The molecule has 1 aromatic heterocycles. The molecule has 2 atom stereocenters. The normalized spacial score (nSPS) is 27.3. The predicted molar refractivity (Wildman–Crippen MR) is 92.8 cm³/mol. The van der Waals surface area contributed by atoms with Crippen molar-refractivity contribution >= 4 is 17.8 Å². The van der Waals surface area contributed by atoms with Crippen LogP contribution in [0.5, 0.6) is 0 Å². The summed E-state index contributed by atoms with van der Waals surface area (Å²) in [7, 11) is 0. The number of carbonyl (C=O) groups is 3. The van der Waals surface area contributed by atoms with E-state index in [9.17, 15) is 24.3 Å².